The van der Waals surface area contributed by atoms with Crippen LogP contribution in [0.1, 0.15) is 29.8 Å². The normalized spacial score (nSPS) is 11.0. The molecule has 0 aliphatic rings. The fourth-order valence-corrected chi connectivity index (χ4v) is 3.45. The summed E-state index contributed by atoms with van der Waals surface area (Å²) in [5, 5.41) is 13.7. The molecule has 0 bridgehead atoms. The standard InChI is InChI=1S/C21H26N4O7S/c1-14(2)19(27)22-10-9-15-3-6-17(7-4-15)33(30,31)25-20(28)16-5-8-18(24-13-16)32-21(29)23-11-12-26/h3-8,13-14,26H,9-12H2,1-2H3,(H,22,27)(H,23,29)(H,25,28). The molecule has 1 heterocycles. The Morgan fingerprint density at radius 3 is 2.30 bits per heavy atom. The van der Waals surface area contributed by atoms with E-state index in [9.17, 15) is 22.8 Å². The Kier molecular flexibility index (Phi) is 9.30. The van der Waals surface area contributed by atoms with Crippen molar-refractivity contribution in [3.63, 3.8) is 0 Å². The number of hydrogen-bond acceptors (Lipinski definition) is 8. The number of amides is 3. The van der Waals surface area contributed by atoms with Crippen LogP contribution < -0.4 is 20.1 Å². The summed E-state index contributed by atoms with van der Waals surface area (Å²) in [5.41, 5.74) is 0.770. The highest BCUT2D eigenvalue weighted by Gasteiger charge is 2.19. The summed E-state index contributed by atoms with van der Waals surface area (Å²) in [6.45, 7) is 3.76. The van der Waals surface area contributed by atoms with E-state index in [4.69, 9.17) is 9.84 Å². The molecule has 1 aromatic heterocycles. The van der Waals surface area contributed by atoms with E-state index in [0.29, 0.717) is 13.0 Å². The summed E-state index contributed by atoms with van der Waals surface area (Å²) in [4.78, 5) is 39.0. The molecule has 2 rings (SSSR count). The molecule has 11 nitrogen and oxygen atoms in total. The van der Waals surface area contributed by atoms with Gasteiger partial charge in [0.2, 0.25) is 11.8 Å². The van der Waals surface area contributed by atoms with Gasteiger partial charge < -0.3 is 20.5 Å². The van der Waals surface area contributed by atoms with Gasteiger partial charge in [-0.3, -0.25) is 9.59 Å². The molecule has 0 atom stereocenters. The minimum Gasteiger partial charge on any atom is -0.395 e. The van der Waals surface area contributed by atoms with Crippen molar-refractivity contribution in [1.82, 2.24) is 20.3 Å². The van der Waals surface area contributed by atoms with Gasteiger partial charge in [-0.25, -0.2) is 22.9 Å². The van der Waals surface area contributed by atoms with E-state index in [1.54, 1.807) is 26.0 Å². The van der Waals surface area contributed by atoms with Gasteiger partial charge in [-0.15, -0.1) is 0 Å². The SMILES string of the molecule is CC(C)C(=O)NCCc1ccc(S(=O)(=O)NC(=O)c2ccc(OC(=O)NCCO)nc2)cc1. The zero-order valence-corrected chi connectivity index (χ0v) is 19.0. The number of nitrogens with zero attached hydrogens (tertiary/aromatic N) is 1. The van der Waals surface area contributed by atoms with Crippen molar-refractivity contribution in [2.24, 2.45) is 5.92 Å². The molecule has 178 valence electrons. The number of hydrogen-bond donors (Lipinski definition) is 4. The van der Waals surface area contributed by atoms with Crippen molar-refractivity contribution in [2.75, 3.05) is 19.7 Å². The van der Waals surface area contributed by atoms with Crippen LogP contribution in [-0.4, -0.2) is 56.1 Å². The molecule has 0 fully saturated rings. The Balaban J connectivity index is 1.94. The molecule has 0 saturated carbocycles. The zero-order chi connectivity index (χ0) is 24.4. The van der Waals surface area contributed by atoms with Crippen LogP contribution >= 0.6 is 0 Å². The van der Waals surface area contributed by atoms with Crippen molar-refractivity contribution in [1.29, 1.82) is 0 Å². The first-order chi connectivity index (χ1) is 15.6. The highest BCUT2D eigenvalue weighted by Crippen LogP contribution is 2.13. The lowest BCUT2D eigenvalue weighted by Gasteiger charge is -2.09. The number of pyridine rings is 1. The molecule has 0 unspecified atom stereocenters. The molecule has 0 spiro atoms. The first kappa shape index (κ1) is 25.7. The predicted octanol–water partition coefficient (Wildman–Crippen LogP) is 0.596. The van der Waals surface area contributed by atoms with Crippen molar-refractivity contribution in [3.05, 3.63) is 53.7 Å². The van der Waals surface area contributed by atoms with E-state index in [0.717, 1.165) is 11.8 Å². The van der Waals surface area contributed by atoms with Crippen molar-refractivity contribution in [3.8, 4) is 5.88 Å². The van der Waals surface area contributed by atoms with Crippen LogP contribution in [0, 0.1) is 5.92 Å². The summed E-state index contributed by atoms with van der Waals surface area (Å²) in [7, 11) is -4.13. The summed E-state index contributed by atoms with van der Waals surface area (Å²) in [6.07, 6.45) is 0.763. The second kappa shape index (κ2) is 11.9. The molecular formula is C21H26N4O7S. The maximum Gasteiger partial charge on any atom is 0.414 e. The second-order valence-corrected chi connectivity index (χ2v) is 8.88. The highest BCUT2D eigenvalue weighted by atomic mass is 32.2. The van der Waals surface area contributed by atoms with Gasteiger partial charge in [-0.1, -0.05) is 26.0 Å². The number of benzene rings is 1. The molecule has 3 amide bonds. The van der Waals surface area contributed by atoms with E-state index in [1.807, 2.05) is 4.72 Å². The smallest absolute Gasteiger partial charge is 0.395 e. The van der Waals surface area contributed by atoms with E-state index >= 15 is 0 Å². The minimum atomic E-state index is -4.13. The quantitative estimate of drug-likeness (QED) is 0.385. The predicted molar refractivity (Wildman–Crippen MR) is 118 cm³/mol. The van der Waals surface area contributed by atoms with Crippen LogP contribution in [0.3, 0.4) is 0 Å². The highest BCUT2D eigenvalue weighted by molar-refractivity contribution is 7.90. The number of ether oxygens (including phenoxy) is 1. The number of aliphatic hydroxyl groups is 1. The second-order valence-electron chi connectivity index (χ2n) is 7.20. The molecule has 12 heteroatoms. The maximum absolute atomic E-state index is 12.5. The van der Waals surface area contributed by atoms with Gasteiger partial charge in [0, 0.05) is 31.3 Å². The number of sulfonamides is 1. The fraction of sp³-hybridized carbons (Fsp3) is 0.333. The van der Waals surface area contributed by atoms with Gasteiger partial charge in [0.15, 0.2) is 0 Å². The Bertz CT molecular complexity index is 1070. The largest absolute Gasteiger partial charge is 0.414 e. The first-order valence-electron chi connectivity index (χ1n) is 10.1. The molecule has 0 aliphatic heterocycles. The van der Waals surface area contributed by atoms with Crippen LogP contribution in [-0.2, 0) is 21.2 Å². The van der Waals surface area contributed by atoms with E-state index in [2.05, 4.69) is 15.6 Å². The van der Waals surface area contributed by atoms with Crippen LogP contribution in [0.5, 0.6) is 5.88 Å². The molecule has 0 aliphatic carbocycles. The van der Waals surface area contributed by atoms with Gasteiger partial charge in [-0.2, -0.15) is 0 Å². The lowest BCUT2D eigenvalue weighted by Crippen LogP contribution is -2.31. The van der Waals surface area contributed by atoms with E-state index < -0.39 is 22.0 Å². The summed E-state index contributed by atoms with van der Waals surface area (Å²) >= 11 is 0. The molecule has 1 aromatic carbocycles. The Labute approximate surface area is 191 Å². The number of rotatable bonds is 10. The van der Waals surface area contributed by atoms with Gasteiger partial charge in [0.1, 0.15) is 0 Å². The van der Waals surface area contributed by atoms with Crippen LogP contribution in [0.25, 0.3) is 0 Å². The summed E-state index contributed by atoms with van der Waals surface area (Å²) in [5.74, 6) is -1.18. The average Bonchev–Trinajstić information content (AvgIpc) is 2.78. The van der Waals surface area contributed by atoms with Crippen molar-refractivity contribution < 1.29 is 32.6 Å². The van der Waals surface area contributed by atoms with Gasteiger partial charge >= 0.3 is 6.09 Å². The average molecular weight is 479 g/mol. The molecule has 0 saturated heterocycles. The van der Waals surface area contributed by atoms with E-state index in [-0.39, 0.29) is 41.3 Å². The lowest BCUT2D eigenvalue weighted by molar-refractivity contribution is -0.123. The topological polar surface area (TPSA) is 164 Å². The van der Waals surface area contributed by atoms with Gasteiger partial charge in [0.25, 0.3) is 15.9 Å². The summed E-state index contributed by atoms with van der Waals surface area (Å²) < 4.78 is 31.8. The molecule has 0 radical (unpaired) electrons. The van der Waals surface area contributed by atoms with E-state index in [1.165, 1.54) is 24.3 Å². The van der Waals surface area contributed by atoms with Crippen LogP contribution in [0.4, 0.5) is 4.79 Å². The van der Waals surface area contributed by atoms with Gasteiger partial charge in [0.05, 0.1) is 17.1 Å². The van der Waals surface area contributed by atoms with Crippen molar-refractivity contribution in [2.45, 2.75) is 25.2 Å². The van der Waals surface area contributed by atoms with Crippen molar-refractivity contribution >= 4 is 27.9 Å². The summed E-state index contributed by atoms with van der Waals surface area (Å²) in [6, 6.07) is 8.44. The Morgan fingerprint density at radius 1 is 1.03 bits per heavy atom. The Hall–Kier alpha value is -3.51. The fourth-order valence-electron chi connectivity index (χ4n) is 2.47. The maximum atomic E-state index is 12.5. The third-order valence-corrected chi connectivity index (χ3v) is 5.62. The molecule has 33 heavy (non-hydrogen) atoms. The van der Waals surface area contributed by atoms with Crippen LogP contribution in [0.15, 0.2) is 47.5 Å². The minimum absolute atomic E-state index is 0.00681. The lowest BCUT2D eigenvalue weighted by atomic mass is 10.1. The monoisotopic (exact) mass is 478 g/mol. The molecule has 4 N–H and O–H groups in total. The molecular weight excluding hydrogens is 452 g/mol. The van der Waals surface area contributed by atoms with Gasteiger partial charge in [-0.05, 0) is 30.2 Å². The number of nitrogens with one attached hydrogen (secondary N) is 3. The third-order valence-electron chi connectivity index (χ3n) is 4.27. The zero-order valence-electron chi connectivity index (χ0n) is 18.2. The Morgan fingerprint density at radius 2 is 1.73 bits per heavy atom. The number of carbonyl (C=O) groups is 3. The molecule has 2 aromatic rings. The number of carbonyl (C=O) groups excluding carboxylic acids is 3. The number of aliphatic hydroxyl groups excluding tert-OH is 1. The first-order valence-corrected chi connectivity index (χ1v) is 11.6. The number of aromatic nitrogens is 1. The third kappa shape index (κ3) is 8.16. The van der Waals surface area contributed by atoms with Crippen LogP contribution in [0.2, 0.25) is 0 Å².